The SMILES string of the molecule is CCS(=O)(=O)N(CC(=O)N(Cc1ccc(Cl)cc1)[C@@H](Cc1ccccc1)C(=O)NC1CCCCC1)c1ccc2c(c1)OCO2. The zero-order chi connectivity index (χ0) is 31.1. The summed E-state index contributed by atoms with van der Waals surface area (Å²) in [5.74, 6) is -0.0780. The number of amides is 2. The summed E-state index contributed by atoms with van der Waals surface area (Å²) in [4.78, 5) is 29.9. The van der Waals surface area contributed by atoms with Gasteiger partial charge in [0, 0.05) is 30.1 Å². The van der Waals surface area contributed by atoms with Crippen molar-refractivity contribution in [3.05, 3.63) is 88.9 Å². The van der Waals surface area contributed by atoms with Crippen molar-refractivity contribution in [2.45, 2.75) is 64.1 Å². The van der Waals surface area contributed by atoms with Gasteiger partial charge in [-0.2, -0.15) is 0 Å². The lowest BCUT2D eigenvalue weighted by Crippen LogP contribution is -2.55. The molecule has 0 unspecified atom stereocenters. The minimum atomic E-state index is -3.89. The molecule has 1 heterocycles. The van der Waals surface area contributed by atoms with Gasteiger partial charge in [0.1, 0.15) is 12.6 Å². The molecule has 2 amide bonds. The van der Waals surface area contributed by atoms with Crippen LogP contribution in [0.2, 0.25) is 5.02 Å². The van der Waals surface area contributed by atoms with Gasteiger partial charge in [0.2, 0.25) is 28.6 Å². The van der Waals surface area contributed by atoms with E-state index in [1.165, 1.54) is 11.8 Å². The fourth-order valence-electron chi connectivity index (χ4n) is 5.64. The number of nitrogens with zero attached hydrogens (tertiary/aromatic N) is 2. The lowest BCUT2D eigenvalue weighted by molar-refractivity contribution is -0.140. The third kappa shape index (κ3) is 7.84. The summed E-state index contributed by atoms with van der Waals surface area (Å²) >= 11 is 6.15. The van der Waals surface area contributed by atoms with Crippen molar-refractivity contribution in [2.75, 3.05) is 23.4 Å². The molecular weight excluding hydrogens is 602 g/mol. The molecule has 9 nitrogen and oxygen atoms in total. The number of rotatable bonds is 12. The number of ether oxygens (including phenoxy) is 2. The summed E-state index contributed by atoms with van der Waals surface area (Å²) in [7, 11) is -3.89. The molecule has 0 radical (unpaired) electrons. The summed E-state index contributed by atoms with van der Waals surface area (Å²) in [5.41, 5.74) is 1.93. The van der Waals surface area contributed by atoms with Crippen LogP contribution >= 0.6 is 11.6 Å². The van der Waals surface area contributed by atoms with Gasteiger partial charge in [-0.05, 0) is 55.2 Å². The number of halogens is 1. The fraction of sp³-hybridized carbons (Fsp3) is 0.394. The van der Waals surface area contributed by atoms with Crippen molar-refractivity contribution in [3.8, 4) is 11.5 Å². The Kier molecular flexibility index (Phi) is 10.3. The van der Waals surface area contributed by atoms with Crippen LogP contribution in [0.15, 0.2) is 72.8 Å². The lowest BCUT2D eigenvalue weighted by atomic mass is 9.94. The molecule has 1 aliphatic carbocycles. The van der Waals surface area contributed by atoms with Crippen LogP contribution in [-0.4, -0.2) is 56.3 Å². The van der Waals surface area contributed by atoms with Gasteiger partial charge in [-0.1, -0.05) is 73.3 Å². The smallest absolute Gasteiger partial charge is 0.244 e. The highest BCUT2D eigenvalue weighted by Crippen LogP contribution is 2.36. The van der Waals surface area contributed by atoms with Crippen molar-refractivity contribution < 1.29 is 27.5 Å². The second-order valence-corrected chi connectivity index (χ2v) is 13.8. The first-order valence-corrected chi connectivity index (χ1v) is 17.0. The largest absolute Gasteiger partial charge is 0.454 e. The molecular formula is C33H38ClN3O6S. The minimum Gasteiger partial charge on any atom is -0.454 e. The molecule has 2 aliphatic rings. The second-order valence-electron chi connectivity index (χ2n) is 11.1. The molecule has 1 N–H and O–H groups in total. The van der Waals surface area contributed by atoms with Crippen LogP contribution in [-0.2, 0) is 32.6 Å². The quantitative estimate of drug-likeness (QED) is 0.288. The lowest BCUT2D eigenvalue weighted by Gasteiger charge is -2.35. The molecule has 1 saturated carbocycles. The van der Waals surface area contributed by atoms with Crippen LogP contribution in [0, 0.1) is 0 Å². The monoisotopic (exact) mass is 639 g/mol. The van der Waals surface area contributed by atoms with Crippen LogP contribution in [0.3, 0.4) is 0 Å². The number of fused-ring (bicyclic) bond motifs is 1. The number of anilines is 1. The number of carbonyl (C=O) groups excluding carboxylic acids is 2. The van der Waals surface area contributed by atoms with Crippen molar-refractivity contribution in [2.24, 2.45) is 0 Å². The number of sulfonamides is 1. The zero-order valence-electron chi connectivity index (χ0n) is 24.8. The van der Waals surface area contributed by atoms with Crippen LogP contribution in [0.25, 0.3) is 0 Å². The number of carbonyl (C=O) groups is 2. The molecule has 0 spiro atoms. The van der Waals surface area contributed by atoms with E-state index in [1.807, 2.05) is 30.3 Å². The Labute approximate surface area is 264 Å². The number of hydrogen-bond acceptors (Lipinski definition) is 6. The average Bonchev–Trinajstić information content (AvgIpc) is 3.51. The van der Waals surface area contributed by atoms with Crippen LogP contribution in [0.4, 0.5) is 5.69 Å². The molecule has 1 atom stereocenters. The van der Waals surface area contributed by atoms with Gasteiger partial charge in [-0.15, -0.1) is 0 Å². The third-order valence-corrected chi connectivity index (χ3v) is 10.1. The highest BCUT2D eigenvalue weighted by atomic mass is 35.5. The zero-order valence-corrected chi connectivity index (χ0v) is 26.4. The first kappa shape index (κ1) is 31.7. The van der Waals surface area contributed by atoms with E-state index < -0.39 is 28.5 Å². The van der Waals surface area contributed by atoms with Gasteiger partial charge in [0.05, 0.1) is 11.4 Å². The van der Waals surface area contributed by atoms with E-state index in [9.17, 15) is 18.0 Å². The van der Waals surface area contributed by atoms with E-state index in [0.717, 1.165) is 47.5 Å². The van der Waals surface area contributed by atoms with E-state index >= 15 is 0 Å². The first-order chi connectivity index (χ1) is 21.2. The molecule has 1 fully saturated rings. The Morgan fingerprint density at radius 3 is 2.34 bits per heavy atom. The Bertz CT molecular complexity index is 1550. The molecule has 0 saturated heterocycles. The first-order valence-electron chi connectivity index (χ1n) is 15.0. The Balaban J connectivity index is 1.51. The Morgan fingerprint density at radius 1 is 0.932 bits per heavy atom. The number of hydrogen-bond donors (Lipinski definition) is 1. The van der Waals surface area contributed by atoms with Gasteiger partial charge in [-0.25, -0.2) is 8.42 Å². The minimum absolute atomic E-state index is 0.0321. The highest BCUT2D eigenvalue weighted by molar-refractivity contribution is 7.92. The van der Waals surface area contributed by atoms with Crippen LogP contribution < -0.4 is 19.1 Å². The van der Waals surface area contributed by atoms with E-state index in [4.69, 9.17) is 21.1 Å². The van der Waals surface area contributed by atoms with Gasteiger partial charge >= 0.3 is 0 Å². The van der Waals surface area contributed by atoms with Crippen LogP contribution in [0.5, 0.6) is 11.5 Å². The molecule has 0 bridgehead atoms. The van der Waals surface area contributed by atoms with Crippen molar-refractivity contribution in [3.63, 3.8) is 0 Å². The molecule has 3 aromatic carbocycles. The number of nitrogens with one attached hydrogen (secondary N) is 1. The molecule has 5 rings (SSSR count). The number of benzene rings is 3. The Morgan fingerprint density at radius 2 is 1.64 bits per heavy atom. The highest BCUT2D eigenvalue weighted by Gasteiger charge is 2.35. The van der Waals surface area contributed by atoms with Gasteiger partial charge in [0.15, 0.2) is 11.5 Å². The predicted octanol–water partition coefficient (Wildman–Crippen LogP) is 5.31. The Hall–Kier alpha value is -3.76. The van der Waals surface area contributed by atoms with Crippen molar-refractivity contribution in [1.82, 2.24) is 10.2 Å². The molecule has 234 valence electrons. The second kappa shape index (κ2) is 14.3. The third-order valence-electron chi connectivity index (χ3n) is 8.11. The van der Waals surface area contributed by atoms with Crippen molar-refractivity contribution in [1.29, 1.82) is 0 Å². The van der Waals surface area contributed by atoms with E-state index in [1.54, 1.807) is 42.5 Å². The summed E-state index contributed by atoms with van der Waals surface area (Å²) in [6.45, 7) is 1.16. The maximum Gasteiger partial charge on any atom is 0.244 e. The molecule has 0 aromatic heterocycles. The van der Waals surface area contributed by atoms with Gasteiger partial charge < -0.3 is 19.7 Å². The normalized spacial score (nSPS) is 15.4. The summed E-state index contributed by atoms with van der Waals surface area (Å²) in [6.07, 6.45) is 5.27. The predicted molar refractivity (Wildman–Crippen MR) is 170 cm³/mol. The molecule has 11 heteroatoms. The van der Waals surface area contributed by atoms with Gasteiger partial charge in [-0.3, -0.25) is 13.9 Å². The standard InChI is InChI=1S/C33H38ClN3O6S/c1-2-44(40,41)37(28-17-18-30-31(20-28)43-23-42-30)22-32(38)36(21-25-13-15-26(34)16-14-25)29(19-24-9-5-3-6-10-24)33(39)35-27-11-7-4-8-12-27/h3,5-6,9-10,13-18,20,27,29H,2,4,7-8,11-12,19,21-23H2,1H3,(H,35,39)/t29-/m0/s1. The molecule has 3 aromatic rings. The van der Waals surface area contributed by atoms with E-state index in [2.05, 4.69) is 5.32 Å². The maximum atomic E-state index is 14.4. The summed E-state index contributed by atoms with van der Waals surface area (Å²) < 4.78 is 38.8. The van der Waals surface area contributed by atoms with Crippen LogP contribution in [0.1, 0.15) is 50.2 Å². The topological polar surface area (TPSA) is 105 Å². The maximum absolute atomic E-state index is 14.4. The van der Waals surface area contributed by atoms with E-state index in [-0.39, 0.29) is 43.1 Å². The van der Waals surface area contributed by atoms with E-state index in [0.29, 0.717) is 16.5 Å². The fourth-order valence-corrected chi connectivity index (χ4v) is 6.82. The van der Waals surface area contributed by atoms with Gasteiger partial charge in [0.25, 0.3) is 0 Å². The van der Waals surface area contributed by atoms with Crippen molar-refractivity contribution >= 4 is 39.1 Å². The summed E-state index contributed by atoms with van der Waals surface area (Å²) in [6, 6.07) is 20.5. The summed E-state index contributed by atoms with van der Waals surface area (Å²) in [5, 5.41) is 3.75. The molecule has 1 aliphatic heterocycles. The average molecular weight is 640 g/mol. The molecule has 44 heavy (non-hydrogen) atoms.